The topological polar surface area (TPSA) is 50.4 Å². The molecule has 0 heterocycles. The van der Waals surface area contributed by atoms with Crippen LogP contribution in [-0.2, 0) is 0 Å². The molecule has 1 rings (SSSR count). The SMILES string of the molecule is C=CCNC(=O)NCCCCOc1ccc(F)cc1. The average molecular weight is 266 g/mol. The Bertz CT molecular complexity index is 393. The maximum absolute atomic E-state index is 12.6. The molecule has 4 nitrogen and oxygen atoms in total. The lowest BCUT2D eigenvalue weighted by molar-refractivity contribution is 0.241. The van der Waals surface area contributed by atoms with Gasteiger partial charge in [0.1, 0.15) is 11.6 Å². The third-order valence-electron chi connectivity index (χ3n) is 2.35. The molecule has 0 aromatic heterocycles. The van der Waals surface area contributed by atoms with E-state index in [1.54, 1.807) is 18.2 Å². The average Bonchev–Trinajstić information content (AvgIpc) is 2.42. The predicted octanol–water partition coefficient (Wildman–Crippen LogP) is 2.47. The molecule has 0 radical (unpaired) electrons. The number of unbranched alkanes of at least 4 members (excludes halogenated alkanes) is 1. The lowest BCUT2D eigenvalue weighted by Crippen LogP contribution is -2.36. The van der Waals surface area contributed by atoms with E-state index in [1.165, 1.54) is 12.1 Å². The molecule has 0 fully saturated rings. The number of urea groups is 1. The highest BCUT2D eigenvalue weighted by atomic mass is 19.1. The minimum atomic E-state index is -0.276. The zero-order valence-corrected chi connectivity index (χ0v) is 10.8. The van der Waals surface area contributed by atoms with Crippen molar-refractivity contribution in [1.82, 2.24) is 10.6 Å². The normalized spacial score (nSPS) is 9.74. The zero-order valence-electron chi connectivity index (χ0n) is 10.8. The van der Waals surface area contributed by atoms with Crippen LogP contribution in [0.25, 0.3) is 0 Å². The summed E-state index contributed by atoms with van der Waals surface area (Å²) in [5.41, 5.74) is 0. The van der Waals surface area contributed by atoms with Gasteiger partial charge >= 0.3 is 6.03 Å². The molecule has 0 aliphatic heterocycles. The van der Waals surface area contributed by atoms with Gasteiger partial charge in [0.15, 0.2) is 0 Å². The molecule has 0 saturated carbocycles. The van der Waals surface area contributed by atoms with E-state index in [0.29, 0.717) is 25.4 Å². The molecule has 0 saturated heterocycles. The van der Waals surface area contributed by atoms with E-state index >= 15 is 0 Å². The molecule has 1 aromatic rings. The second kappa shape index (κ2) is 8.97. The van der Waals surface area contributed by atoms with Crippen LogP contribution >= 0.6 is 0 Å². The summed E-state index contributed by atoms with van der Waals surface area (Å²) in [6, 6.07) is 5.72. The van der Waals surface area contributed by atoms with Crippen molar-refractivity contribution in [3.8, 4) is 5.75 Å². The van der Waals surface area contributed by atoms with Crippen molar-refractivity contribution in [2.24, 2.45) is 0 Å². The van der Waals surface area contributed by atoms with Crippen LogP contribution in [0, 0.1) is 5.82 Å². The third-order valence-corrected chi connectivity index (χ3v) is 2.35. The molecule has 0 bridgehead atoms. The quantitative estimate of drug-likeness (QED) is 0.561. The maximum Gasteiger partial charge on any atom is 0.315 e. The minimum absolute atomic E-state index is 0.195. The van der Waals surface area contributed by atoms with Crippen LogP contribution in [0.1, 0.15) is 12.8 Å². The van der Waals surface area contributed by atoms with Crippen LogP contribution in [0.4, 0.5) is 9.18 Å². The van der Waals surface area contributed by atoms with Crippen molar-refractivity contribution < 1.29 is 13.9 Å². The number of halogens is 1. The van der Waals surface area contributed by atoms with Crippen LogP contribution in [-0.4, -0.2) is 25.7 Å². The van der Waals surface area contributed by atoms with Gasteiger partial charge in [-0.2, -0.15) is 0 Å². The van der Waals surface area contributed by atoms with Crippen LogP contribution in [0.15, 0.2) is 36.9 Å². The Balaban J connectivity index is 2.00. The fourth-order valence-electron chi connectivity index (χ4n) is 1.38. The molecule has 2 amide bonds. The Morgan fingerprint density at radius 2 is 2.00 bits per heavy atom. The van der Waals surface area contributed by atoms with Crippen molar-refractivity contribution >= 4 is 6.03 Å². The van der Waals surface area contributed by atoms with E-state index in [4.69, 9.17) is 4.74 Å². The third kappa shape index (κ3) is 7.08. The molecule has 1 aromatic carbocycles. The first-order valence-electron chi connectivity index (χ1n) is 6.23. The van der Waals surface area contributed by atoms with E-state index in [2.05, 4.69) is 17.2 Å². The molecule has 0 aliphatic rings. The van der Waals surface area contributed by atoms with Crippen molar-refractivity contribution in [3.05, 3.63) is 42.7 Å². The highest BCUT2D eigenvalue weighted by molar-refractivity contribution is 5.73. The Morgan fingerprint density at radius 3 is 2.68 bits per heavy atom. The molecule has 0 atom stereocenters. The molecular formula is C14H19FN2O2. The zero-order chi connectivity index (χ0) is 13.9. The van der Waals surface area contributed by atoms with Gasteiger partial charge in [-0.05, 0) is 37.1 Å². The summed E-state index contributed by atoms with van der Waals surface area (Å²) in [7, 11) is 0. The van der Waals surface area contributed by atoms with Crippen molar-refractivity contribution in [2.45, 2.75) is 12.8 Å². The standard InChI is InChI=1S/C14H19FN2O2/c1-2-9-16-14(18)17-10-3-4-11-19-13-7-5-12(15)6-8-13/h2,5-8H,1,3-4,9-11H2,(H2,16,17,18). The van der Waals surface area contributed by atoms with E-state index in [-0.39, 0.29) is 11.8 Å². The number of amides is 2. The van der Waals surface area contributed by atoms with E-state index in [1.807, 2.05) is 0 Å². The smallest absolute Gasteiger partial charge is 0.315 e. The Kier molecular flexibility index (Phi) is 7.09. The molecule has 0 aliphatic carbocycles. The minimum Gasteiger partial charge on any atom is -0.494 e. The first-order valence-corrected chi connectivity index (χ1v) is 6.23. The number of ether oxygens (including phenoxy) is 1. The fourth-order valence-corrected chi connectivity index (χ4v) is 1.38. The molecule has 19 heavy (non-hydrogen) atoms. The maximum atomic E-state index is 12.6. The van der Waals surface area contributed by atoms with Crippen molar-refractivity contribution in [2.75, 3.05) is 19.7 Å². The monoisotopic (exact) mass is 266 g/mol. The van der Waals surface area contributed by atoms with E-state index in [0.717, 1.165) is 12.8 Å². The predicted molar refractivity (Wildman–Crippen MR) is 72.7 cm³/mol. The Hall–Kier alpha value is -2.04. The van der Waals surface area contributed by atoms with Crippen molar-refractivity contribution in [3.63, 3.8) is 0 Å². The number of benzene rings is 1. The van der Waals surface area contributed by atoms with Gasteiger partial charge in [-0.1, -0.05) is 6.08 Å². The summed E-state index contributed by atoms with van der Waals surface area (Å²) >= 11 is 0. The molecule has 2 N–H and O–H groups in total. The molecule has 0 unspecified atom stereocenters. The summed E-state index contributed by atoms with van der Waals surface area (Å²) in [5, 5.41) is 5.34. The van der Waals surface area contributed by atoms with Crippen LogP contribution < -0.4 is 15.4 Å². The summed E-state index contributed by atoms with van der Waals surface area (Å²) < 4.78 is 18.1. The van der Waals surface area contributed by atoms with Gasteiger partial charge in [0, 0.05) is 13.1 Å². The molecular weight excluding hydrogens is 247 g/mol. The Morgan fingerprint density at radius 1 is 1.26 bits per heavy atom. The second-order valence-corrected chi connectivity index (χ2v) is 3.93. The van der Waals surface area contributed by atoms with E-state index in [9.17, 15) is 9.18 Å². The number of rotatable bonds is 8. The van der Waals surface area contributed by atoms with Gasteiger partial charge in [0.25, 0.3) is 0 Å². The summed E-state index contributed by atoms with van der Waals surface area (Å²) in [5.74, 6) is 0.375. The Labute approximate surface area is 112 Å². The lowest BCUT2D eigenvalue weighted by atomic mass is 10.3. The highest BCUT2D eigenvalue weighted by Crippen LogP contribution is 2.11. The fraction of sp³-hybridized carbons (Fsp3) is 0.357. The summed E-state index contributed by atoms with van der Waals surface area (Å²) in [4.78, 5) is 11.2. The molecule has 5 heteroatoms. The largest absolute Gasteiger partial charge is 0.494 e. The van der Waals surface area contributed by atoms with Crippen LogP contribution in [0.5, 0.6) is 5.75 Å². The summed E-state index contributed by atoms with van der Waals surface area (Å²) in [6.45, 7) is 5.10. The van der Waals surface area contributed by atoms with Gasteiger partial charge < -0.3 is 15.4 Å². The van der Waals surface area contributed by atoms with Crippen molar-refractivity contribution in [1.29, 1.82) is 0 Å². The molecule has 104 valence electrons. The number of nitrogens with one attached hydrogen (secondary N) is 2. The van der Waals surface area contributed by atoms with Gasteiger partial charge in [-0.3, -0.25) is 0 Å². The van der Waals surface area contributed by atoms with Gasteiger partial charge in [-0.15, -0.1) is 6.58 Å². The first kappa shape index (κ1) is 15.0. The van der Waals surface area contributed by atoms with Crippen LogP contribution in [0.3, 0.4) is 0 Å². The number of hydrogen-bond acceptors (Lipinski definition) is 2. The summed E-state index contributed by atoms with van der Waals surface area (Å²) in [6.07, 6.45) is 3.26. The number of carbonyl (C=O) groups is 1. The lowest BCUT2D eigenvalue weighted by Gasteiger charge is -2.07. The van der Waals surface area contributed by atoms with E-state index < -0.39 is 0 Å². The van der Waals surface area contributed by atoms with Gasteiger partial charge in [0.2, 0.25) is 0 Å². The first-order chi connectivity index (χ1) is 9.22. The molecule has 0 spiro atoms. The second-order valence-electron chi connectivity index (χ2n) is 3.93. The van der Waals surface area contributed by atoms with Gasteiger partial charge in [0.05, 0.1) is 6.61 Å². The highest BCUT2D eigenvalue weighted by Gasteiger charge is 1.97. The van der Waals surface area contributed by atoms with Crippen LogP contribution in [0.2, 0.25) is 0 Å². The van der Waals surface area contributed by atoms with Gasteiger partial charge in [-0.25, -0.2) is 9.18 Å². The number of carbonyl (C=O) groups excluding carboxylic acids is 1. The number of hydrogen-bond donors (Lipinski definition) is 2.